The van der Waals surface area contributed by atoms with Crippen LogP contribution in [-0.4, -0.2) is 42.0 Å². The van der Waals surface area contributed by atoms with Crippen molar-refractivity contribution in [2.75, 3.05) is 31.1 Å². The molecule has 176 valence electrons. The van der Waals surface area contributed by atoms with Gasteiger partial charge in [0.25, 0.3) is 0 Å². The van der Waals surface area contributed by atoms with Crippen molar-refractivity contribution in [2.45, 2.75) is 34.1 Å². The van der Waals surface area contributed by atoms with E-state index in [0.29, 0.717) is 13.0 Å². The maximum absolute atomic E-state index is 13.6. The third-order valence-electron chi connectivity index (χ3n) is 6.56. The SMILES string of the molecule is CCN(CC)CCN(C(=O)Cc1ccc(-c2ccccc2)cc1)c1nc2c(C)c(C)ccc2s1. The largest absolute Gasteiger partial charge is 0.302 e. The summed E-state index contributed by atoms with van der Waals surface area (Å²) in [6, 6.07) is 22.9. The van der Waals surface area contributed by atoms with E-state index in [2.05, 4.69) is 81.1 Å². The first-order valence-electron chi connectivity index (χ1n) is 12.0. The van der Waals surface area contributed by atoms with Crippen LogP contribution in [0.3, 0.4) is 0 Å². The zero-order valence-corrected chi connectivity index (χ0v) is 21.4. The average Bonchev–Trinajstić information content (AvgIpc) is 3.30. The number of hydrogen-bond donors (Lipinski definition) is 0. The van der Waals surface area contributed by atoms with E-state index in [9.17, 15) is 4.79 Å². The predicted octanol–water partition coefficient (Wildman–Crippen LogP) is 6.50. The summed E-state index contributed by atoms with van der Waals surface area (Å²) in [7, 11) is 0. The average molecular weight is 472 g/mol. The van der Waals surface area contributed by atoms with Crippen molar-refractivity contribution in [3.63, 3.8) is 0 Å². The van der Waals surface area contributed by atoms with Gasteiger partial charge in [-0.3, -0.25) is 9.69 Å². The summed E-state index contributed by atoms with van der Waals surface area (Å²) >= 11 is 1.61. The highest BCUT2D eigenvalue weighted by atomic mass is 32.1. The van der Waals surface area contributed by atoms with Gasteiger partial charge < -0.3 is 4.90 Å². The molecule has 0 aliphatic rings. The molecule has 0 radical (unpaired) electrons. The van der Waals surface area contributed by atoms with Gasteiger partial charge in [-0.2, -0.15) is 0 Å². The molecule has 0 fully saturated rings. The lowest BCUT2D eigenvalue weighted by Crippen LogP contribution is -2.39. The molecular weight excluding hydrogens is 438 g/mol. The fourth-order valence-electron chi connectivity index (χ4n) is 4.15. The molecule has 4 rings (SSSR count). The standard InChI is InChI=1S/C29H33N3OS/c1-5-31(6-2)18-19-32(29-30-28-22(4)21(3)12-17-26(28)34-29)27(33)20-23-13-15-25(16-14-23)24-10-8-7-9-11-24/h7-17H,5-6,18-20H2,1-4H3. The highest BCUT2D eigenvalue weighted by Crippen LogP contribution is 2.32. The Bertz CT molecular complexity index is 1240. The van der Waals surface area contributed by atoms with Gasteiger partial charge in [0.15, 0.2) is 5.13 Å². The maximum atomic E-state index is 13.6. The van der Waals surface area contributed by atoms with Crippen LogP contribution < -0.4 is 4.90 Å². The zero-order valence-electron chi connectivity index (χ0n) is 20.5. The first-order chi connectivity index (χ1) is 16.5. The predicted molar refractivity (Wildman–Crippen MR) is 145 cm³/mol. The zero-order chi connectivity index (χ0) is 24.1. The van der Waals surface area contributed by atoms with E-state index in [0.717, 1.165) is 46.1 Å². The van der Waals surface area contributed by atoms with E-state index in [1.807, 2.05) is 23.1 Å². The third-order valence-corrected chi connectivity index (χ3v) is 7.60. The number of carbonyl (C=O) groups excluding carboxylic acids is 1. The van der Waals surface area contributed by atoms with Crippen molar-refractivity contribution < 1.29 is 4.79 Å². The summed E-state index contributed by atoms with van der Waals surface area (Å²) in [5.74, 6) is 0.0908. The van der Waals surface area contributed by atoms with Gasteiger partial charge in [0.1, 0.15) is 0 Å². The van der Waals surface area contributed by atoms with Crippen molar-refractivity contribution in [1.29, 1.82) is 0 Å². The molecule has 0 unspecified atom stereocenters. The molecular formula is C29H33N3OS. The molecule has 0 N–H and O–H groups in total. The molecule has 5 heteroatoms. The van der Waals surface area contributed by atoms with Crippen molar-refractivity contribution in [3.8, 4) is 11.1 Å². The van der Waals surface area contributed by atoms with Gasteiger partial charge >= 0.3 is 0 Å². The van der Waals surface area contributed by atoms with Gasteiger partial charge in [0.05, 0.1) is 16.6 Å². The van der Waals surface area contributed by atoms with Crippen LogP contribution >= 0.6 is 11.3 Å². The van der Waals surface area contributed by atoms with E-state index in [1.54, 1.807) is 11.3 Å². The number of nitrogens with zero attached hydrogens (tertiary/aromatic N) is 3. The molecule has 1 aromatic heterocycles. The third kappa shape index (κ3) is 5.37. The number of benzene rings is 3. The Kier molecular flexibility index (Phi) is 7.76. The number of fused-ring (bicyclic) bond motifs is 1. The topological polar surface area (TPSA) is 36.4 Å². The van der Waals surface area contributed by atoms with E-state index in [-0.39, 0.29) is 5.91 Å². The molecule has 0 saturated carbocycles. The number of carbonyl (C=O) groups is 1. The Morgan fingerprint density at radius 3 is 2.21 bits per heavy atom. The van der Waals surface area contributed by atoms with Crippen molar-refractivity contribution >= 4 is 32.6 Å². The summed E-state index contributed by atoms with van der Waals surface area (Å²) in [6.45, 7) is 11.9. The van der Waals surface area contributed by atoms with Gasteiger partial charge in [-0.15, -0.1) is 0 Å². The van der Waals surface area contributed by atoms with Crippen LogP contribution in [0, 0.1) is 13.8 Å². The Morgan fingerprint density at radius 2 is 1.53 bits per heavy atom. The number of anilines is 1. The lowest BCUT2D eigenvalue weighted by Gasteiger charge is -2.24. The minimum atomic E-state index is 0.0908. The Balaban J connectivity index is 1.58. The van der Waals surface area contributed by atoms with Crippen LogP contribution in [0.1, 0.15) is 30.5 Å². The number of thiazole rings is 1. The second-order valence-corrected chi connectivity index (χ2v) is 9.67. The van der Waals surface area contributed by atoms with E-state index >= 15 is 0 Å². The Labute approximate surface area is 206 Å². The van der Waals surface area contributed by atoms with Gasteiger partial charge in [-0.25, -0.2) is 4.98 Å². The summed E-state index contributed by atoms with van der Waals surface area (Å²) in [4.78, 5) is 22.7. The highest BCUT2D eigenvalue weighted by Gasteiger charge is 2.21. The van der Waals surface area contributed by atoms with Gasteiger partial charge in [-0.05, 0) is 60.8 Å². The molecule has 0 bridgehead atoms. The second-order valence-electron chi connectivity index (χ2n) is 8.66. The second kappa shape index (κ2) is 10.9. The van der Waals surface area contributed by atoms with Crippen molar-refractivity contribution in [1.82, 2.24) is 9.88 Å². The molecule has 0 aliphatic carbocycles. The molecule has 0 spiro atoms. The van der Waals surface area contributed by atoms with Gasteiger partial charge in [0, 0.05) is 13.1 Å². The van der Waals surface area contributed by atoms with Crippen LogP contribution in [0.15, 0.2) is 66.7 Å². The summed E-state index contributed by atoms with van der Waals surface area (Å²) in [6.07, 6.45) is 0.362. The van der Waals surface area contributed by atoms with Crippen LogP contribution in [0.2, 0.25) is 0 Å². The van der Waals surface area contributed by atoms with E-state index in [4.69, 9.17) is 4.98 Å². The van der Waals surface area contributed by atoms with Crippen LogP contribution in [0.5, 0.6) is 0 Å². The maximum Gasteiger partial charge on any atom is 0.233 e. The summed E-state index contributed by atoms with van der Waals surface area (Å²) in [5.41, 5.74) is 6.78. The van der Waals surface area contributed by atoms with Crippen molar-refractivity contribution in [2.24, 2.45) is 0 Å². The van der Waals surface area contributed by atoms with E-state index < -0.39 is 0 Å². The lowest BCUT2D eigenvalue weighted by atomic mass is 10.0. The molecule has 3 aromatic carbocycles. The highest BCUT2D eigenvalue weighted by molar-refractivity contribution is 7.22. The van der Waals surface area contributed by atoms with Crippen LogP contribution in [0.25, 0.3) is 21.3 Å². The number of aryl methyl sites for hydroxylation is 2. The normalized spacial score (nSPS) is 11.3. The quantitative estimate of drug-likeness (QED) is 0.280. The van der Waals surface area contributed by atoms with Gasteiger partial charge in [0.2, 0.25) is 5.91 Å². The summed E-state index contributed by atoms with van der Waals surface area (Å²) < 4.78 is 1.13. The molecule has 1 heterocycles. The first-order valence-corrected chi connectivity index (χ1v) is 12.9. The molecule has 0 atom stereocenters. The number of amides is 1. The molecule has 0 aliphatic heterocycles. The smallest absolute Gasteiger partial charge is 0.233 e. The molecule has 1 amide bonds. The number of aromatic nitrogens is 1. The minimum absolute atomic E-state index is 0.0908. The molecule has 0 saturated heterocycles. The fourth-order valence-corrected chi connectivity index (χ4v) is 5.22. The Morgan fingerprint density at radius 1 is 0.853 bits per heavy atom. The monoisotopic (exact) mass is 471 g/mol. The summed E-state index contributed by atoms with van der Waals surface area (Å²) in [5, 5.41) is 0.793. The number of hydrogen-bond acceptors (Lipinski definition) is 4. The fraction of sp³-hybridized carbons (Fsp3) is 0.310. The molecule has 4 aromatic rings. The number of likely N-dealkylation sites (N-methyl/N-ethyl adjacent to an activating group) is 1. The van der Waals surface area contributed by atoms with E-state index in [1.165, 1.54) is 16.7 Å². The lowest BCUT2D eigenvalue weighted by molar-refractivity contribution is -0.118. The first kappa shape index (κ1) is 24.1. The van der Waals surface area contributed by atoms with Crippen molar-refractivity contribution in [3.05, 3.63) is 83.4 Å². The molecule has 4 nitrogen and oxygen atoms in total. The Hall–Kier alpha value is -3.02. The minimum Gasteiger partial charge on any atom is -0.302 e. The number of rotatable bonds is 9. The van der Waals surface area contributed by atoms with Crippen LogP contribution in [-0.2, 0) is 11.2 Å². The molecule has 34 heavy (non-hydrogen) atoms. The van der Waals surface area contributed by atoms with Crippen LogP contribution in [0.4, 0.5) is 5.13 Å². The van der Waals surface area contributed by atoms with Gasteiger partial charge in [-0.1, -0.05) is 85.8 Å².